The Morgan fingerprint density at radius 2 is 1.89 bits per heavy atom. The molecule has 0 unspecified atom stereocenters. The maximum Gasteiger partial charge on any atom is 0.325 e. The smallest absolute Gasteiger partial charge is 0.116 e. The molecule has 1 aromatic heterocycles. The van der Waals surface area contributed by atoms with Crippen molar-refractivity contribution >= 4 is 0 Å². The summed E-state index contributed by atoms with van der Waals surface area (Å²) < 4.78 is 0.944. The molecular weight excluding hydrogens is 122 g/mol. The van der Waals surface area contributed by atoms with Gasteiger partial charge in [0.25, 0.3) is 6.20 Å². The average Bonchev–Trinajstić information content (AvgIpc) is 1.97. The van der Waals surface area contributed by atoms with Gasteiger partial charge in [0, 0.05) is 4.91 Å². The van der Waals surface area contributed by atoms with Gasteiger partial charge in [-0.05, 0) is 0 Å². The summed E-state index contributed by atoms with van der Waals surface area (Å²) in [6, 6.07) is 0. The molecule has 0 atom stereocenters. The maximum absolute atomic E-state index is 10.4. The summed E-state index contributed by atoms with van der Waals surface area (Å²) in [6.45, 7) is 0. The number of nitrogens with zero attached hydrogens (tertiary/aromatic N) is 2. The van der Waals surface area contributed by atoms with Gasteiger partial charge in [0.15, 0.2) is 4.54 Å². The number of aromatic nitrogens is 3. The van der Waals surface area contributed by atoms with Crippen LogP contribution >= 0.6 is 0 Å². The van der Waals surface area contributed by atoms with Crippen molar-refractivity contribution in [3.8, 4) is 0 Å². The van der Waals surface area contributed by atoms with Crippen molar-refractivity contribution in [3.05, 3.63) is 34.6 Å². The molecule has 1 aromatic rings. The zero-order valence-corrected chi connectivity index (χ0v) is 4.52. The SMILES string of the molecule is O=[n+]1cc[nH][n+](=O)cc1. The standard InChI is InChI=1S/C4H5N3O2/c8-6-2-1-5-7(9)4-3-6/h1-4H,(H,5,9)/q+2. The summed E-state index contributed by atoms with van der Waals surface area (Å²) in [5.41, 5.74) is 0. The monoisotopic (exact) mass is 127 g/mol. The number of hydrogen-bond acceptors (Lipinski definition) is 2. The predicted octanol–water partition coefficient (Wildman–Crippen LogP) is -1.16. The van der Waals surface area contributed by atoms with Crippen molar-refractivity contribution in [2.45, 2.75) is 0 Å². The van der Waals surface area contributed by atoms with Crippen LogP contribution in [-0.4, -0.2) is 5.10 Å². The van der Waals surface area contributed by atoms with E-state index in [0.29, 0.717) is 8.97 Å². The molecule has 46 valence electrons. The van der Waals surface area contributed by atoms with Crippen LogP contribution < -0.4 is 8.97 Å². The van der Waals surface area contributed by atoms with Gasteiger partial charge in [-0.25, -0.2) is 0 Å². The van der Waals surface area contributed by atoms with Crippen molar-refractivity contribution in [3.63, 3.8) is 0 Å². The molecule has 0 spiro atoms. The molecule has 0 aliphatic carbocycles. The predicted molar refractivity (Wildman–Crippen MR) is 27.5 cm³/mol. The highest BCUT2D eigenvalue weighted by Gasteiger charge is 1.90. The van der Waals surface area contributed by atoms with E-state index in [1.54, 1.807) is 0 Å². The number of hydrogen-bond donors (Lipinski definition) is 1. The summed E-state index contributed by atoms with van der Waals surface area (Å²) in [4.78, 5) is 20.7. The first-order chi connectivity index (χ1) is 4.29. The lowest BCUT2D eigenvalue weighted by Gasteiger charge is -1.47. The van der Waals surface area contributed by atoms with E-state index in [2.05, 4.69) is 5.10 Å². The van der Waals surface area contributed by atoms with Crippen molar-refractivity contribution < 1.29 is 8.97 Å². The summed E-state index contributed by atoms with van der Waals surface area (Å²) in [5, 5.41) is 2.24. The van der Waals surface area contributed by atoms with Gasteiger partial charge in [0.2, 0.25) is 6.20 Å². The lowest BCUT2D eigenvalue weighted by Crippen LogP contribution is -2.15. The highest BCUT2D eigenvalue weighted by molar-refractivity contribution is 4.50. The Bertz CT molecular complexity index is 275. The third kappa shape index (κ3) is 1.45. The van der Waals surface area contributed by atoms with E-state index >= 15 is 0 Å². The number of aromatic amines is 1. The molecule has 0 aliphatic rings. The molecular formula is C4H5N3O2+2. The molecule has 1 rings (SSSR count). The zero-order chi connectivity index (χ0) is 6.69. The molecule has 5 nitrogen and oxygen atoms in total. The molecule has 0 radical (unpaired) electrons. The molecule has 9 heavy (non-hydrogen) atoms. The number of H-pyrrole nitrogens is 1. The summed E-state index contributed by atoms with van der Waals surface area (Å²) in [5.74, 6) is 0. The Morgan fingerprint density at radius 3 is 2.67 bits per heavy atom. The minimum atomic E-state index is 0.425. The molecule has 1 N–H and O–H groups in total. The molecule has 0 fully saturated rings. The Labute approximate surface area is 49.8 Å². The van der Waals surface area contributed by atoms with E-state index in [1.807, 2.05) is 0 Å². The van der Waals surface area contributed by atoms with Gasteiger partial charge in [0.1, 0.15) is 6.20 Å². The van der Waals surface area contributed by atoms with Gasteiger partial charge in [-0.1, -0.05) is 0 Å². The second-order valence-corrected chi connectivity index (χ2v) is 1.43. The fraction of sp³-hybridized carbons (Fsp3) is 0. The third-order valence-electron chi connectivity index (χ3n) is 0.772. The van der Waals surface area contributed by atoms with Crippen LogP contribution in [0, 0.1) is 9.81 Å². The summed E-state index contributed by atoms with van der Waals surface area (Å²) >= 11 is 0. The van der Waals surface area contributed by atoms with Crippen LogP contribution in [0.4, 0.5) is 0 Å². The lowest BCUT2D eigenvalue weighted by atomic mass is 10.9. The van der Waals surface area contributed by atoms with Crippen LogP contribution in [0.3, 0.4) is 0 Å². The Kier molecular flexibility index (Phi) is 1.35. The molecule has 1 heterocycles. The van der Waals surface area contributed by atoms with Gasteiger partial charge in [-0.15, -0.1) is 5.10 Å². The molecule has 0 amide bonds. The average molecular weight is 127 g/mol. The highest BCUT2D eigenvalue weighted by Crippen LogP contribution is 1.54. The van der Waals surface area contributed by atoms with Gasteiger partial charge < -0.3 is 0 Å². The van der Waals surface area contributed by atoms with Crippen LogP contribution in [-0.2, 0) is 0 Å². The normalized spacial score (nSPS) is 8.89. The Balaban J connectivity index is 3.51. The topological polar surface area (TPSA) is 61.7 Å². The lowest BCUT2D eigenvalue weighted by molar-refractivity contribution is -0.569. The van der Waals surface area contributed by atoms with E-state index in [9.17, 15) is 9.81 Å². The number of nitrogens with one attached hydrogen (secondary N) is 1. The van der Waals surface area contributed by atoms with Crippen molar-refractivity contribution in [2.75, 3.05) is 0 Å². The molecule has 0 saturated carbocycles. The van der Waals surface area contributed by atoms with E-state index in [1.165, 1.54) is 12.4 Å². The van der Waals surface area contributed by atoms with Crippen LogP contribution in [0.5, 0.6) is 0 Å². The van der Waals surface area contributed by atoms with Crippen LogP contribution in [0.25, 0.3) is 0 Å². The van der Waals surface area contributed by atoms with Gasteiger partial charge in [-0.2, -0.15) is 0 Å². The van der Waals surface area contributed by atoms with E-state index in [0.717, 1.165) is 12.4 Å². The van der Waals surface area contributed by atoms with Gasteiger partial charge in [-0.3, -0.25) is 0 Å². The number of rotatable bonds is 0. The molecule has 0 saturated heterocycles. The minimum Gasteiger partial charge on any atom is -0.116 e. The van der Waals surface area contributed by atoms with Crippen LogP contribution in [0.2, 0.25) is 0 Å². The van der Waals surface area contributed by atoms with E-state index in [4.69, 9.17) is 0 Å². The van der Waals surface area contributed by atoms with Crippen molar-refractivity contribution in [1.29, 1.82) is 0 Å². The minimum absolute atomic E-state index is 0.425. The van der Waals surface area contributed by atoms with E-state index < -0.39 is 0 Å². The fourth-order valence-electron chi connectivity index (χ4n) is 0.399. The first-order valence-corrected chi connectivity index (χ1v) is 2.32. The first-order valence-electron chi connectivity index (χ1n) is 2.32. The largest absolute Gasteiger partial charge is 0.325 e. The Morgan fingerprint density at radius 1 is 1.11 bits per heavy atom. The van der Waals surface area contributed by atoms with Gasteiger partial charge in [0.05, 0.1) is 9.33 Å². The molecule has 0 aromatic carbocycles. The fourth-order valence-corrected chi connectivity index (χ4v) is 0.399. The first kappa shape index (κ1) is 5.61. The van der Waals surface area contributed by atoms with Gasteiger partial charge >= 0.3 is 6.20 Å². The van der Waals surface area contributed by atoms with Crippen LogP contribution in [0.15, 0.2) is 24.8 Å². The highest BCUT2D eigenvalue weighted by atomic mass is 16.3. The quantitative estimate of drug-likeness (QED) is 0.447. The van der Waals surface area contributed by atoms with Crippen molar-refractivity contribution in [2.24, 2.45) is 0 Å². The second-order valence-electron chi connectivity index (χ2n) is 1.43. The molecule has 0 aliphatic heterocycles. The summed E-state index contributed by atoms with van der Waals surface area (Å²) in [6.07, 6.45) is 4.62. The summed E-state index contributed by atoms with van der Waals surface area (Å²) in [7, 11) is 0. The zero-order valence-electron chi connectivity index (χ0n) is 4.52. The Hall–Kier alpha value is -1.52. The van der Waals surface area contributed by atoms with Crippen molar-refractivity contribution in [1.82, 2.24) is 5.10 Å². The van der Waals surface area contributed by atoms with Crippen LogP contribution in [0.1, 0.15) is 0 Å². The molecule has 5 heteroatoms. The second kappa shape index (κ2) is 2.17. The van der Waals surface area contributed by atoms with E-state index in [-0.39, 0.29) is 0 Å². The third-order valence-corrected chi connectivity index (χ3v) is 0.772. The molecule has 0 bridgehead atoms. The maximum atomic E-state index is 10.4.